The van der Waals surface area contributed by atoms with Crippen LogP contribution >= 0.6 is 7.60 Å². The molecule has 0 aromatic heterocycles. The summed E-state index contributed by atoms with van der Waals surface area (Å²) in [5.74, 6) is -1.44. The lowest BCUT2D eigenvalue weighted by atomic mass is 10.1. The smallest absolute Gasteiger partial charge is 0.359 e. The Morgan fingerprint density at radius 3 is 2.35 bits per heavy atom. The molecule has 0 saturated heterocycles. The summed E-state index contributed by atoms with van der Waals surface area (Å²) in [6.07, 6.45) is -0.172. The second-order valence-electron chi connectivity index (χ2n) is 3.95. The van der Waals surface area contributed by atoms with E-state index in [0.29, 0.717) is 0 Å². The van der Waals surface area contributed by atoms with Crippen LogP contribution in [0.15, 0.2) is 24.3 Å². The highest BCUT2D eigenvalue weighted by Crippen LogP contribution is 2.53. The van der Waals surface area contributed by atoms with Gasteiger partial charge in [0.05, 0.1) is 18.1 Å². The Bertz CT molecular complexity index is 496. The maximum atomic E-state index is 12.3. The van der Waals surface area contributed by atoms with Gasteiger partial charge in [-0.3, -0.25) is 14.7 Å². The van der Waals surface area contributed by atoms with E-state index < -0.39 is 18.4 Å². The van der Waals surface area contributed by atoms with Crippen LogP contribution in [0.25, 0.3) is 0 Å². The van der Waals surface area contributed by atoms with Crippen molar-refractivity contribution in [3.63, 3.8) is 0 Å². The van der Waals surface area contributed by atoms with E-state index in [9.17, 15) is 19.8 Å². The molecule has 1 N–H and O–H groups in total. The van der Waals surface area contributed by atoms with Gasteiger partial charge in [-0.2, -0.15) is 0 Å². The lowest BCUT2D eigenvalue weighted by molar-refractivity contribution is -0.385. The SMILES string of the molecule is CCOP(=O)(OCC)C(O)Cc1ccccc1[N+](=O)[O-]. The summed E-state index contributed by atoms with van der Waals surface area (Å²) in [4.78, 5) is 10.3. The summed E-state index contributed by atoms with van der Waals surface area (Å²) in [5, 5.41) is 21.0. The number of rotatable bonds is 8. The second-order valence-corrected chi connectivity index (χ2v) is 6.14. The highest BCUT2D eigenvalue weighted by molar-refractivity contribution is 7.54. The van der Waals surface area contributed by atoms with Crippen molar-refractivity contribution in [1.29, 1.82) is 0 Å². The van der Waals surface area contributed by atoms with Crippen molar-refractivity contribution in [3.05, 3.63) is 39.9 Å². The highest BCUT2D eigenvalue weighted by atomic mass is 31.2. The number of nitro benzene ring substituents is 1. The van der Waals surface area contributed by atoms with E-state index in [-0.39, 0.29) is 30.9 Å². The minimum atomic E-state index is -3.69. The van der Waals surface area contributed by atoms with E-state index in [0.717, 1.165) is 0 Å². The van der Waals surface area contributed by atoms with Gasteiger partial charge in [0.2, 0.25) is 0 Å². The molecular weight excluding hydrogens is 285 g/mol. The first-order valence-electron chi connectivity index (χ1n) is 6.23. The molecule has 112 valence electrons. The zero-order valence-electron chi connectivity index (χ0n) is 11.4. The number of hydrogen-bond acceptors (Lipinski definition) is 6. The Morgan fingerprint density at radius 2 is 1.85 bits per heavy atom. The van der Waals surface area contributed by atoms with Crippen molar-refractivity contribution in [2.45, 2.75) is 26.1 Å². The van der Waals surface area contributed by atoms with Gasteiger partial charge in [-0.15, -0.1) is 0 Å². The van der Waals surface area contributed by atoms with Crippen LogP contribution in [-0.4, -0.2) is 29.1 Å². The van der Waals surface area contributed by atoms with Gasteiger partial charge in [0.1, 0.15) is 0 Å². The third kappa shape index (κ3) is 4.11. The Balaban J connectivity index is 2.96. The molecule has 7 nitrogen and oxygen atoms in total. The minimum absolute atomic E-state index is 0.116. The lowest BCUT2D eigenvalue weighted by Gasteiger charge is -2.22. The molecule has 1 rings (SSSR count). The number of para-hydroxylation sites is 1. The van der Waals surface area contributed by atoms with E-state index >= 15 is 0 Å². The van der Waals surface area contributed by atoms with E-state index in [1.807, 2.05) is 0 Å². The summed E-state index contributed by atoms with van der Waals surface area (Å²) >= 11 is 0. The van der Waals surface area contributed by atoms with Gasteiger partial charge in [-0.05, 0) is 13.8 Å². The standard InChI is InChI=1S/C12H18NO6P/c1-3-18-20(17,19-4-2)12(14)9-10-7-5-6-8-11(10)13(15)16/h5-8,12,14H,3-4,9H2,1-2H3. The van der Waals surface area contributed by atoms with Crippen LogP contribution in [0.5, 0.6) is 0 Å². The monoisotopic (exact) mass is 303 g/mol. The summed E-state index contributed by atoms with van der Waals surface area (Å²) in [5.41, 5.74) is 0.149. The van der Waals surface area contributed by atoms with E-state index in [1.54, 1.807) is 19.9 Å². The number of nitrogens with zero attached hydrogens (tertiary/aromatic N) is 1. The lowest BCUT2D eigenvalue weighted by Crippen LogP contribution is -2.16. The average Bonchev–Trinajstić information content (AvgIpc) is 2.39. The molecule has 0 amide bonds. The van der Waals surface area contributed by atoms with Crippen LogP contribution in [0, 0.1) is 10.1 Å². The Labute approximate surface area is 117 Å². The fourth-order valence-corrected chi connectivity index (χ4v) is 3.30. The van der Waals surface area contributed by atoms with Gasteiger partial charge in [-0.25, -0.2) is 0 Å². The first-order chi connectivity index (χ1) is 9.44. The summed E-state index contributed by atoms with van der Waals surface area (Å²) in [7, 11) is -3.69. The molecule has 1 aromatic carbocycles. The predicted molar refractivity (Wildman–Crippen MR) is 73.7 cm³/mol. The van der Waals surface area contributed by atoms with Gasteiger partial charge in [-0.1, -0.05) is 18.2 Å². The van der Waals surface area contributed by atoms with Crippen molar-refractivity contribution in [2.75, 3.05) is 13.2 Å². The van der Waals surface area contributed by atoms with Gasteiger partial charge in [0.15, 0.2) is 5.85 Å². The molecule has 20 heavy (non-hydrogen) atoms. The summed E-state index contributed by atoms with van der Waals surface area (Å²) in [6, 6.07) is 5.97. The third-order valence-electron chi connectivity index (χ3n) is 2.57. The van der Waals surface area contributed by atoms with Gasteiger partial charge < -0.3 is 14.2 Å². The van der Waals surface area contributed by atoms with E-state index in [1.165, 1.54) is 18.2 Å². The molecule has 0 spiro atoms. The molecule has 1 aromatic rings. The number of aliphatic hydroxyl groups excluding tert-OH is 1. The van der Waals surface area contributed by atoms with Gasteiger partial charge in [0.25, 0.3) is 5.69 Å². The molecule has 0 saturated carbocycles. The van der Waals surface area contributed by atoms with Crippen molar-refractivity contribution < 1.29 is 23.6 Å². The molecule has 0 aliphatic heterocycles. The van der Waals surface area contributed by atoms with Crippen LogP contribution in [0.3, 0.4) is 0 Å². The number of aliphatic hydroxyl groups is 1. The van der Waals surface area contributed by atoms with Gasteiger partial charge in [0, 0.05) is 18.1 Å². The maximum Gasteiger partial charge on any atom is 0.359 e. The molecule has 0 heterocycles. The number of nitro groups is 1. The zero-order valence-corrected chi connectivity index (χ0v) is 12.3. The minimum Gasteiger partial charge on any atom is -0.380 e. The first-order valence-corrected chi connectivity index (χ1v) is 7.85. The molecule has 0 radical (unpaired) electrons. The second kappa shape index (κ2) is 7.50. The predicted octanol–water partition coefficient (Wildman–Crippen LogP) is 2.72. The molecule has 0 bridgehead atoms. The number of hydrogen-bond donors (Lipinski definition) is 1. The fourth-order valence-electron chi connectivity index (χ4n) is 1.74. The first kappa shape index (κ1) is 16.8. The Hall–Kier alpha value is -1.27. The van der Waals surface area contributed by atoms with Gasteiger partial charge >= 0.3 is 7.60 Å². The molecule has 1 atom stereocenters. The largest absolute Gasteiger partial charge is 0.380 e. The Kier molecular flexibility index (Phi) is 6.29. The summed E-state index contributed by atoms with van der Waals surface area (Å²) in [6.45, 7) is 3.49. The molecule has 0 fully saturated rings. The molecular formula is C12H18NO6P. The van der Waals surface area contributed by atoms with Crippen LogP contribution in [0.4, 0.5) is 5.69 Å². The number of benzene rings is 1. The zero-order chi connectivity index (χ0) is 15.2. The summed E-state index contributed by atoms with van der Waals surface area (Å²) < 4.78 is 22.4. The van der Waals surface area contributed by atoms with Crippen molar-refractivity contribution in [1.82, 2.24) is 0 Å². The quantitative estimate of drug-likeness (QED) is 0.450. The molecule has 0 aliphatic carbocycles. The van der Waals surface area contributed by atoms with Crippen LogP contribution in [-0.2, 0) is 20.0 Å². The van der Waals surface area contributed by atoms with Crippen molar-refractivity contribution in [2.24, 2.45) is 0 Å². The molecule has 1 unspecified atom stereocenters. The molecule has 0 aliphatic rings. The van der Waals surface area contributed by atoms with Crippen LogP contribution in [0.1, 0.15) is 19.4 Å². The fraction of sp³-hybridized carbons (Fsp3) is 0.500. The normalized spacial score (nSPS) is 13.2. The van der Waals surface area contributed by atoms with Crippen molar-refractivity contribution >= 4 is 13.3 Å². The average molecular weight is 303 g/mol. The molecule has 8 heteroatoms. The van der Waals surface area contributed by atoms with Crippen LogP contribution in [0.2, 0.25) is 0 Å². The highest BCUT2D eigenvalue weighted by Gasteiger charge is 2.35. The Morgan fingerprint density at radius 1 is 1.30 bits per heavy atom. The third-order valence-corrected chi connectivity index (χ3v) is 4.72. The van der Waals surface area contributed by atoms with Crippen molar-refractivity contribution in [3.8, 4) is 0 Å². The van der Waals surface area contributed by atoms with Crippen LogP contribution < -0.4 is 0 Å². The maximum absolute atomic E-state index is 12.3. The van der Waals surface area contributed by atoms with E-state index in [4.69, 9.17) is 9.05 Å². The topological polar surface area (TPSA) is 98.9 Å². The van der Waals surface area contributed by atoms with E-state index in [2.05, 4.69) is 0 Å².